The van der Waals surface area contributed by atoms with Crippen LogP contribution >= 0.6 is 0 Å². The van der Waals surface area contributed by atoms with Crippen molar-refractivity contribution < 1.29 is 14.4 Å². The quantitative estimate of drug-likeness (QED) is 0.331. The third kappa shape index (κ3) is 3.19. The van der Waals surface area contributed by atoms with E-state index in [0.29, 0.717) is 11.4 Å². The van der Waals surface area contributed by atoms with E-state index in [0.717, 1.165) is 72.9 Å². The van der Waals surface area contributed by atoms with Gasteiger partial charge in [-0.3, -0.25) is 4.79 Å². The van der Waals surface area contributed by atoms with Gasteiger partial charge in [-0.2, -0.15) is 0 Å². The fraction of sp³-hybridized carbons (Fsp3) is 0.179. The highest BCUT2D eigenvalue weighted by Crippen LogP contribution is 2.41. The second-order valence-electron chi connectivity index (χ2n) is 8.84. The van der Waals surface area contributed by atoms with E-state index < -0.39 is 0 Å². The lowest BCUT2D eigenvalue weighted by Crippen LogP contribution is -2.19. The minimum absolute atomic E-state index is 0.0334. The van der Waals surface area contributed by atoms with E-state index >= 15 is 0 Å². The molecule has 174 valence electrons. The van der Waals surface area contributed by atoms with Gasteiger partial charge in [-0.25, -0.2) is 9.97 Å². The van der Waals surface area contributed by atoms with E-state index in [2.05, 4.69) is 23.5 Å². The lowest BCUT2D eigenvalue weighted by atomic mass is 9.95. The monoisotopic (exact) mass is 464 g/mol. The molecule has 0 amide bonds. The molecule has 5 aromatic rings. The molecule has 1 aliphatic heterocycles. The third-order valence-corrected chi connectivity index (χ3v) is 6.71. The van der Waals surface area contributed by atoms with Crippen molar-refractivity contribution in [1.29, 1.82) is 0 Å². The highest BCUT2D eigenvalue weighted by Gasteiger charge is 2.26. The van der Waals surface area contributed by atoms with Gasteiger partial charge < -0.3 is 14.6 Å². The SMILES string of the molecule is COc1cc2c(cc1C1=C(C)ONC1C)[nH]c1nc(C)nc(-c3ccc(C=O)c4ccccc34)c12. The number of H-pyrrole nitrogens is 1. The predicted molar refractivity (Wildman–Crippen MR) is 137 cm³/mol. The first-order chi connectivity index (χ1) is 17.0. The normalized spacial score (nSPS) is 15.8. The third-order valence-electron chi connectivity index (χ3n) is 6.71. The summed E-state index contributed by atoms with van der Waals surface area (Å²) in [5.41, 5.74) is 9.15. The Balaban J connectivity index is 1.69. The first-order valence-corrected chi connectivity index (χ1v) is 11.5. The Morgan fingerprint density at radius 1 is 1.00 bits per heavy atom. The average molecular weight is 465 g/mol. The van der Waals surface area contributed by atoms with Crippen LogP contribution in [0.15, 0.2) is 54.3 Å². The zero-order valence-electron chi connectivity index (χ0n) is 19.9. The lowest BCUT2D eigenvalue weighted by Gasteiger charge is -2.13. The van der Waals surface area contributed by atoms with Crippen LogP contribution in [-0.4, -0.2) is 34.4 Å². The molecule has 35 heavy (non-hydrogen) atoms. The molecular weight excluding hydrogens is 440 g/mol. The fourth-order valence-corrected chi connectivity index (χ4v) is 5.16. The summed E-state index contributed by atoms with van der Waals surface area (Å²) in [4.78, 5) is 30.3. The summed E-state index contributed by atoms with van der Waals surface area (Å²) in [5, 5.41) is 3.75. The van der Waals surface area contributed by atoms with E-state index in [-0.39, 0.29) is 6.04 Å². The number of ether oxygens (including phenoxy) is 1. The zero-order chi connectivity index (χ0) is 24.3. The van der Waals surface area contributed by atoms with Crippen LogP contribution in [0.5, 0.6) is 5.75 Å². The van der Waals surface area contributed by atoms with Crippen molar-refractivity contribution in [3.05, 3.63) is 71.2 Å². The first-order valence-electron chi connectivity index (χ1n) is 11.5. The number of nitrogens with zero attached hydrogens (tertiary/aromatic N) is 2. The smallest absolute Gasteiger partial charge is 0.150 e. The number of hydrogen-bond donors (Lipinski definition) is 2. The van der Waals surface area contributed by atoms with Crippen LogP contribution in [-0.2, 0) is 4.84 Å². The van der Waals surface area contributed by atoms with Crippen LogP contribution < -0.4 is 10.2 Å². The van der Waals surface area contributed by atoms with Gasteiger partial charge in [0.15, 0.2) is 6.29 Å². The minimum atomic E-state index is 0.0334. The molecule has 6 rings (SSSR count). The molecule has 1 unspecified atom stereocenters. The number of hydrogen-bond acceptors (Lipinski definition) is 6. The minimum Gasteiger partial charge on any atom is -0.496 e. The first kappa shape index (κ1) is 21.3. The molecule has 1 aliphatic rings. The number of methoxy groups -OCH3 is 1. The highest BCUT2D eigenvalue weighted by atomic mass is 16.7. The van der Waals surface area contributed by atoms with Gasteiger partial charge >= 0.3 is 0 Å². The van der Waals surface area contributed by atoms with Crippen LogP contribution in [0.25, 0.3) is 49.5 Å². The Morgan fingerprint density at radius 2 is 1.80 bits per heavy atom. The highest BCUT2D eigenvalue weighted by molar-refractivity contribution is 6.16. The summed E-state index contributed by atoms with van der Waals surface area (Å²) >= 11 is 0. The predicted octanol–water partition coefficient (Wildman–Crippen LogP) is 5.72. The largest absolute Gasteiger partial charge is 0.496 e. The molecule has 0 saturated heterocycles. The number of fused-ring (bicyclic) bond motifs is 4. The molecule has 7 heteroatoms. The van der Waals surface area contributed by atoms with E-state index in [1.807, 2.05) is 56.3 Å². The standard InChI is InChI=1S/C28H24N4O3/c1-14-25(15(2)35-32-14)22-11-23-21(12-24(22)34-4)26-27(29-16(3)30-28(26)31-23)20-10-9-17(13-33)18-7-5-6-8-19(18)20/h5-14,32H,1-4H3,(H,29,30,31). The number of rotatable bonds is 4. The van der Waals surface area contributed by atoms with Crippen molar-refractivity contribution in [2.24, 2.45) is 0 Å². The summed E-state index contributed by atoms with van der Waals surface area (Å²) < 4.78 is 5.84. The molecule has 2 N–H and O–H groups in total. The molecule has 0 fully saturated rings. The summed E-state index contributed by atoms with van der Waals surface area (Å²) in [6.45, 7) is 5.89. The van der Waals surface area contributed by atoms with E-state index in [1.54, 1.807) is 7.11 Å². The molecule has 2 aromatic heterocycles. The maximum atomic E-state index is 11.7. The Bertz CT molecular complexity index is 1700. The number of nitrogens with one attached hydrogen (secondary N) is 2. The van der Waals surface area contributed by atoms with Crippen LogP contribution in [0.2, 0.25) is 0 Å². The number of hydroxylamine groups is 1. The molecule has 0 radical (unpaired) electrons. The van der Waals surface area contributed by atoms with E-state index in [9.17, 15) is 4.79 Å². The van der Waals surface area contributed by atoms with Gasteiger partial charge in [0, 0.05) is 33.2 Å². The maximum Gasteiger partial charge on any atom is 0.150 e. The van der Waals surface area contributed by atoms with Crippen LogP contribution in [0.3, 0.4) is 0 Å². The van der Waals surface area contributed by atoms with Crippen LogP contribution in [0.4, 0.5) is 0 Å². The average Bonchev–Trinajstić information content (AvgIpc) is 3.39. The Morgan fingerprint density at radius 3 is 2.51 bits per heavy atom. The van der Waals surface area contributed by atoms with Gasteiger partial charge in [-0.15, -0.1) is 5.48 Å². The number of aldehydes is 1. The summed E-state index contributed by atoms with van der Waals surface area (Å²) in [5.74, 6) is 2.24. The molecule has 1 atom stereocenters. The molecule has 0 bridgehead atoms. The Labute approximate surface area is 201 Å². The number of aryl methyl sites for hydroxylation is 1. The number of aromatic nitrogens is 3. The van der Waals surface area contributed by atoms with Crippen LogP contribution in [0, 0.1) is 6.92 Å². The second-order valence-corrected chi connectivity index (χ2v) is 8.84. The summed E-state index contributed by atoms with van der Waals surface area (Å²) in [7, 11) is 1.68. The molecule has 7 nitrogen and oxygen atoms in total. The molecule has 3 aromatic carbocycles. The maximum absolute atomic E-state index is 11.7. The van der Waals surface area contributed by atoms with Crippen molar-refractivity contribution in [2.45, 2.75) is 26.8 Å². The molecule has 3 heterocycles. The summed E-state index contributed by atoms with van der Waals surface area (Å²) in [6, 6.07) is 15.9. The van der Waals surface area contributed by atoms with Gasteiger partial charge in [0.25, 0.3) is 0 Å². The topological polar surface area (TPSA) is 89.1 Å². The van der Waals surface area contributed by atoms with Crippen molar-refractivity contribution in [3.8, 4) is 17.0 Å². The van der Waals surface area contributed by atoms with Crippen molar-refractivity contribution in [1.82, 2.24) is 20.4 Å². The number of carbonyl (C=O) groups is 1. The zero-order valence-corrected chi connectivity index (χ0v) is 19.9. The molecule has 0 spiro atoms. The van der Waals surface area contributed by atoms with Crippen molar-refractivity contribution >= 4 is 44.6 Å². The molecule has 0 aliphatic carbocycles. The van der Waals surface area contributed by atoms with Gasteiger partial charge in [-0.1, -0.05) is 36.4 Å². The number of carbonyl (C=O) groups excluding carboxylic acids is 1. The number of benzene rings is 3. The lowest BCUT2D eigenvalue weighted by molar-refractivity contribution is 0.112. The van der Waals surface area contributed by atoms with Gasteiger partial charge in [0.2, 0.25) is 0 Å². The molecular formula is C28H24N4O3. The fourth-order valence-electron chi connectivity index (χ4n) is 5.16. The van der Waals surface area contributed by atoms with Gasteiger partial charge in [0.1, 0.15) is 23.0 Å². The van der Waals surface area contributed by atoms with Crippen LogP contribution in [0.1, 0.15) is 35.6 Å². The second kappa shape index (κ2) is 7.92. The van der Waals surface area contributed by atoms with Crippen molar-refractivity contribution in [2.75, 3.05) is 7.11 Å². The molecule has 0 saturated carbocycles. The van der Waals surface area contributed by atoms with Crippen molar-refractivity contribution in [3.63, 3.8) is 0 Å². The Kier molecular flexibility index (Phi) is 4.82. The summed E-state index contributed by atoms with van der Waals surface area (Å²) in [6.07, 6.45) is 0.893. The Hall–Kier alpha value is -4.23. The number of allylic oxidation sites excluding steroid dienone is 1. The van der Waals surface area contributed by atoms with E-state index in [1.165, 1.54) is 0 Å². The number of aromatic amines is 1. The van der Waals surface area contributed by atoms with E-state index in [4.69, 9.17) is 19.5 Å². The van der Waals surface area contributed by atoms with Gasteiger partial charge in [0.05, 0.1) is 24.2 Å². The van der Waals surface area contributed by atoms with Gasteiger partial charge in [-0.05, 0) is 43.7 Å².